The zero-order valence-corrected chi connectivity index (χ0v) is 12.1. The molecule has 0 spiro atoms. The van der Waals surface area contributed by atoms with Gasteiger partial charge in [-0.1, -0.05) is 0 Å². The van der Waals surface area contributed by atoms with E-state index in [4.69, 9.17) is 0 Å². The van der Waals surface area contributed by atoms with Crippen LogP contribution in [0.3, 0.4) is 0 Å². The van der Waals surface area contributed by atoms with E-state index in [1.165, 1.54) is 36.4 Å². The Bertz CT molecular complexity index is 985. The normalized spacial score (nSPS) is 11.2. The Morgan fingerprint density at radius 3 is 2.33 bits per heavy atom. The SMILES string of the molecule is O=[N+]([O-])c1cc(N=Nc2ccc(O)c3cc(O)ccc23)ccc1O. The molecule has 8 nitrogen and oxygen atoms in total. The summed E-state index contributed by atoms with van der Waals surface area (Å²) in [5, 5.41) is 48.5. The van der Waals surface area contributed by atoms with Crippen LogP contribution in [0, 0.1) is 10.1 Å². The van der Waals surface area contributed by atoms with Crippen molar-refractivity contribution in [1.29, 1.82) is 0 Å². The zero-order valence-electron chi connectivity index (χ0n) is 12.1. The van der Waals surface area contributed by atoms with E-state index in [1.807, 2.05) is 0 Å². The van der Waals surface area contributed by atoms with Crippen LogP contribution in [-0.4, -0.2) is 20.2 Å². The highest BCUT2D eigenvalue weighted by Crippen LogP contribution is 2.36. The van der Waals surface area contributed by atoms with Crippen molar-refractivity contribution < 1.29 is 20.2 Å². The van der Waals surface area contributed by atoms with Gasteiger partial charge in [0, 0.05) is 16.8 Å². The topological polar surface area (TPSA) is 129 Å². The van der Waals surface area contributed by atoms with Crippen LogP contribution in [0.5, 0.6) is 17.2 Å². The molecule has 0 aliphatic heterocycles. The maximum Gasteiger partial charge on any atom is 0.312 e. The minimum atomic E-state index is -0.715. The lowest BCUT2D eigenvalue weighted by atomic mass is 10.1. The van der Waals surface area contributed by atoms with E-state index in [2.05, 4.69) is 10.2 Å². The summed E-state index contributed by atoms with van der Waals surface area (Å²) >= 11 is 0. The van der Waals surface area contributed by atoms with E-state index < -0.39 is 16.4 Å². The van der Waals surface area contributed by atoms with E-state index in [0.717, 1.165) is 6.07 Å². The Balaban J connectivity index is 2.04. The number of phenols is 3. The summed E-state index contributed by atoms with van der Waals surface area (Å²) in [6, 6.07) is 11.0. The number of hydrogen-bond donors (Lipinski definition) is 3. The molecule has 0 fully saturated rings. The van der Waals surface area contributed by atoms with Gasteiger partial charge >= 0.3 is 5.69 Å². The number of nitro benzene ring substituents is 1. The maximum absolute atomic E-state index is 10.8. The number of azo groups is 1. The highest BCUT2D eigenvalue weighted by Gasteiger charge is 2.13. The first-order valence-electron chi connectivity index (χ1n) is 6.79. The smallest absolute Gasteiger partial charge is 0.312 e. The number of aromatic hydroxyl groups is 3. The highest BCUT2D eigenvalue weighted by atomic mass is 16.6. The quantitative estimate of drug-likeness (QED) is 0.376. The molecule has 8 heteroatoms. The van der Waals surface area contributed by atoms with Crippen LogP contribution in [-0.2, 0) is 0 Å². The monoisotopic (exact) mass is 325 g/mol. The van der Waals surface area contributed by atoms with Gasteiger partial charge in [0.2, 0.25) is 0 Å². The molecule has 0 bridgehead atoms. The van der Waals surface area contributed by atoms with Crippen LogP contribution in [0.4, 0.5) is 17.1 Å². The number of nitro groups is 1. The third-order valence-corrected chi connectivity index (χ3v) is 3.38. The van der Waals surface area contributed by atoms with Crippen molar-refractivity contribution in [1.82, 2.24) is 0 Å². The van der Waals surface area contributed by atoms with Crippen molar-refractivity contribution in [3.05, 3.63) is 58.6 Å². The van der Waals surface area contributed by atoms with E-state index in [0.29, 0.717) is 16.5 Å². The number of benzene rings is 3. The van der Waals surface area contributed by atoms with Gasteiger partial charge in [-0.25, -0.2) is 0 Å². The Kier molecular flexibility index (Phi) is 3.70. The summed E-state index contributed by atoms with van der Waals surface area (Å²) in [6.45, 7) is 0. The lowest BCUT2D eigenvalue weighted by Crippen LogP contribution is -1.87. The Labute approximate surface area is 135 Å². The van der Waals surface area contributed by atoms with Gasteiger partial charge in [0.05, 0.1) is 16.3 Å². The van der Waals surface area contributed by atoms with Crippen molar-refractivity contribution >= 4 is 27.8 Å². The Morgan fingerprint density at radius 1 is 0.833 bits per heavy atom. The molecule has 0 unspecified atom stereocenters. The lowest BCUT2D eigenvalue weighted by Gasteiger charge is -2.04. The number of hydrogen-bond acceptors (Lipinski definition) is 7. The van der Waals surface area contributed by atoms with Crippen molar-refractivity contribution in [3.63, 3.8) is 0 Å². The maximum atomic E-state index is 10.8. The number of phenolic OH excluding ortho intramolecular Hbond substituents is 3. The summed E-state index contributed by atoms with van der Waals surface area (Å²) in [7, 11) is 0. The van der Waals surface area contributed by atoms with Gasteiger partial charge in [-0.3, -0.25) is 10.1 Å². The minimum Gasteiger partial charge on any atom is -0.508 e. The van der Waals surface area contributed by atoms with Crippen LogP contribution >= 0.6 is 0 Å². The molecule has 3 rings (SSSR count). The van der Waals surface area contributed by atoms with E-state index >= 15 is 0 Å². The van der Waals surface area contributed by atoms with Crippen molar-refractivity contribution in [3.8, 4) is 17.2 Å². The van der Waals surface area contributed by atoms with Gasteiger partial charge in [-0.05, 0) is 42.5 Å². The fourth-order valence-corrected chi connectivity index (χ4v) is 2.22. The van der Waals surface area contributed by atoms with Crippen molar-refractivity contribution in [2.24, 2.45) is 10.2 Å². The molecule has 0 amide bonds. The van der Waals surface area contributed by atoms with E-state index in [-0.39, 0.29) is 17.2 Å². The van der Waals surface area contributed by atoms with Gasteiger partial charge in [-0.2, -0.15) is 5.11 Å². The van der Waals surface area contributed by atoms with Crippen LogP contribution in [0.2, 0.25) is 0 Å². The second kappa shape index (κ2) is 5.84. The minimum absolute atomic E-state index is 0.000971. The summed E-state index contributed by atoms with van der Waals surface area (Å²) in [5.41, 5.74) is 0.143. The summed E-state index contributed by atoms with van der Waals surface area (Å²) < 4.78 is 0. The molecule has 0 saturated heterocycles. The summed E-state index contributed by atoms with van der Waals surface area (Å²) in [6.07, 6.45) is 0. The standard InChI is InChI=1S/C16H11N3O5/c20-10-2-3-11-12(8-10)15(21)6-4-13(11)18-17-9-1-5-16(22)14(7-9)19(23)24/h1-8,20-22H. The van der Waals surface area contributed by atoms with Gasteiger partial charge in [0.25, 0.3) is 0 Å². The van der Waals surface area contributed by atoms with Crippen LogP contribution < -0.4 is 0 Å². The molecule has 3 aromatic carbocycles. The van der Waals surface area contributed by atoms with Crippen LogP contribution in [0.25, 0.3) is 10.8 Å². The first-order chi connectivity index (χ1) is 11.5. The predicted molar refractivity (Wildman–Crippen MR) is 86.2 cm³/mol. The van der Waals surface area contributed by atoms with Crippen LogP contribution in [0.15, 0.2) is 58.8 Å². The fourth-order valence-electron chi connectivity index (χ4n) is 2.22. The largest absolute Gasteiger partial charge is 0.508 e. The Hall–Kier alpha value is -3.68. The second-order valence-electron chi connectivity index (χ2n) is 4.96. The van der Waals surface area contributed by atoms with Crippen molar-refractivity contribution in [2.45, 2.75) is 0 Å². The second-order valence-corrected chi connectivity index (χ2v) is 4.96. The average Bonchev–Trinajstić information content (AvgIpc) is 2.55. The molecule has 120 valence electrons. The highest BCUT2D eigenvalue weighted by molar-refractivity contribution is 5.97. The molecule has 0 atom stereocenters. The van der Waals surface area contributed by atoms with Gasteiger partial charge in [0.15, 0.2) is 5.75 Å². The molecule has 0 aliphatic rings. The fraction of sp³-hybridized carbons (Fsp3) is 0. The Morgan fingerprint density at radius 2 is 1.58 bits per heavy atom. The molecule has 3 aromatic rings. The van der Waals surface area contributed by atoms with E-state index in [9.17, 15) is 25.4 Å². The average molecular weight is 325 g/mol. The molecule has 0 aromatic heterocycles. The zero-order chi connectivity index (χ0) is 17.3. The molecule has 3 N–H and O–H groups in total. The molecular weight excluding hydrogens is 314 g/mol. The number of nitrogens with zero attached hydrogens (tertiary/aromatic N) is 3. The molecular formula is C16H11N3O5. The molecule has 0 saturated carbocycles. The summed E-state index contributed by atoms with van der Waals surface area (Å²) in [4.78, 5) is 10.1. The molecule has 0 aliphatic carbocycles. The number of fused-ring (bicyclic) bond motifs is 1. The summed E-state index contributed by atoms with van der Waals surface area (Å²) in [5.74, 6) is -0.467. The van der Waals surface area contributed by atoms with Crippen LogP contribution in [0.1, 0.15) is 0 Å². The van der Waals surface area contributed by atoms with Gasteiger partial charge < -0.3 is 15.3 Å². The van der Waals surface area contributed by atoms with Gasteiger partial charge in [0.1, 0.15) is 11.5 Å². The molecule has 24 heavy (non-hydrogen) atoms. The molecule has 0 radical (unpaired) electrons. The molecule has 0 heterocycles. The van der Waals surface area contributed by atoms with Gasteiger partial charge in [-0.15, -0.1) is 5.11 Å². The lowest BCUT2D eigenvalue weighted by molar-refractivity contribution is -0.385. The van der Waals surface area contributed by atoms with E-state index in [1.54, 1.807) is 6.07 Å². The number of rotatable bonds is 3. The van der Waals surface area contributed by atoms with Crippen molar-refractivity contribution in [2.75, 3.05) is 0 Å². The predicted octanol–water partition coefficient (Wildman–Crippen LogP) is 4.28. The first-order valence-corrected chi connectivity index (χ1v) is 6.79. The third kappa shape index (κ3) is 2.80. The first kappa shape index (κ1) is 15.2. The third-order valence-electron chi connectivity index (χ3n) is 3.38.